The molecule has 6 heteroatoms. The highest BCUT2D eigenvalue weighted by Crippen LogP contribution is 2.41. The summed E-state index contributed by atoms with van der Waals surface area (Å²) in [6, 6.07) is -1.14. The van der Waals surface area contributed by atoms with E-state index in [9.17, 15) is 14.4 Å². The molecular formula is C30H51N3O3. The maximum atomic E-state index is 14.1. The van der Waals surface area contributed by atoms with Crippen LogP contribution >= 0.6 is 0 Å². The standard InChI is InChI=1S/C30H51N3O3/c1-6-7-16-25(23-14-10-8-11-15-23)31-29(36)32-27(30(5)18-12-9-13-19-30)28(35)33-20-17-24(21(2)3)26(33)22(4)34/h6,21,23-27H,1,7-20H2,2-5H3,(H2,31,32,36). The predicted molar refractivity (Wildman–Crippen MR) is 146 cm³/mol. The molecule has 3 aliphatic rings. The Morgan fingerprint density at radius 2 is 1.64 bits per heavy atom. The van der Waals surface area contributed by atoms with Crippen molar-refractivity contribution in [2.24, 2.45) is 23.2 Å². The molecule has 0 bridgehead atoms. The summed E-state index contributed by atoms with van der Waals surface area (Å²) in [4.78, 5) is 42.1. The van der Waals surface area contributed by atoms with Crippen LogP contribution in [0.4, 0.5) is 4.79 Å². The predicted octanol–water partition coefficient (Wildman–Crippen LogP) is 6.00. The maximum Gasteiger partial charge on any atom is 0.315 e. The lowest BCUT2D eigenvalue weighted by Crippen LogP contribution is -2.61. The third-order valence-corrected chi connectivity index (χ3v) is 9.43. The Morgan fingerprint density at radius 3 is 2.22 bits per heavy atom. The Labute approximate surface area is 219 Å². The fourth-order valence-corrected chi connectivity index (χ4v) is 7.23. The molecule has 2 saturated carbocycles. The van der Waals surface area contributed by atoms with E-state index in [1.54, 1.807) is 11.8 Å². The minimum atomic E-state index is -0.614. The molecular weight excluding hydrogens is 450 g/mol. The number of carbonyl (C=O) groups excluding carboxylic acids is 3. The SMILES string of the molecule is C=CCCC(NC(=O)NC(C(=O)N1CCC(C(C)C)C1C(C)=O)C1(C)CCCCC1)C1CCCCC1. The first-order valence-corrected chi connectivity index (χ1v) is 14.7. The van der Waals surface area contributed by atoms with Crippen molar-refractivity contribution in [3.63, 3.8) is 0 Å². The summed E-state index contributed by atoms with van der Waals surface area (Å²) in [5, 5.41) is 6.45. The number of ketones is 1. The molecule has 3 fully saturated rings. The fourth-order valence-electron chi connectivity index (χ4n) is 7.23. The van der Waals surface area contributed by atoms with Gasteiger partial charge < -0.3 is 15.5 Å². The quantitative estimate of drug-likeness (QED) is 0.360. The molecule has 36 heavy (non-hydrogen) atoms. The zero-order valence-corrected chi connectivity index (χ0v) is 23.3. The van der Waals surface area contributed by atoms with Crippen molar-refractivity contribution < 1.29 is 14.4 Å². The molecule has 3 rings (SSSR count). The number of nitrogens with one attached hydrogen (secondary N) is 2. The average molecular weight is 502 g/mol. The van der Waals surface area contributed by atoms with Gasteiger partial charge in [0.15, 0.2) is 5.78 Å². The van der Waals surface area contributed by atoms with Gasteiger partial charge in [-0.3, -0.25) is 9.59 Å². The molecule has 1 saturated heterocycles. The van der Waals surface area contributed by atoms with Crippen molar-refractivity contribution in [3.8, 4) is 0 Å². The van der Waals surface area contributed by atoms with Crippen LogP contribution in [0.5, 0.6) is 0 Å². The highest BCUT2D eigenvalue weighted by molar-refractivity contribution is 5.93. The smallest absolute Gasteiger partial charge is 0.315 e. The molecule has 2 N–H and O–H groups in total. The van der Waals surface area contributed by atoms with Gasteiger partial charge in [-0.2, -0.15) is 0 Å². The van der Waals surface area contributed by atoms with Gasteiger partial charge >= 0.3 is 6.03 Å². The van der Waals surface area contributed by atoms with E-state index in [1.807, 2.05) is 6.08 Å². The molecule has 3 amide bonds. The molecule has 0 aromatic carbocycles. The van der Waals surface area contributed by atoms with Gasteiger partial charge in [-0.1, -0.05) is 65.4 Å². The number of hydrogen-bond acceptors (Lipinski definition) is 3. The topological polar surface area (TPSA) is 78.5 Å². The molecule has 6 nitrogen and oxygen atoms in total. The van der Waals surface area contributed by atoms with Crippen LogP contribution in [-0.2, 0) is 9.59 Å². The second-order valence-corrected chi connectivity index (χ2v) is 12.4. The highest BCUT2D eigenvalue weighted by Gasteiger charge is 2.48. The summed E-state index contributed by atoms with van der Waals surface area (Å²) in [6.07, 6.45) is 15.6. The number of Topliss-reactive ketones (excluding diaryl/α,β-unsaturated/α-hetero) is 1. The van der Waals surface area contributed by atoms with Gasteiger partial charge in [-0.15, -0.1) is 6.58 Å². The number of carbonyl (C=O) groups is 3. The molecule has 4 atom stereocenters. The minimum absolute atomic E-state index is 0.0540. The van der Waals surface area contributed by atoms with Crippen molar-refractivity contribution in [3.05, 3.63) is 12.7 Å². The number of likely N-dealkylation sites (tertiary alicyclic amines) is 1. The summed E-state index contributed by atoms with van der Waals surface area (Å²) >= 11 is 0. The third-order valence-electron chi connectivity index (χ3n) is 9.43. The maximum absolute atomic E-state index is 14.1. The van der Waals surface area contributed by atoms with Crippen LogP contribution in [0.1, 0.15) is 111 Å². The van der Waals surface area contributed by atoms with E-state index in [2.05, 4.69) is 38.0 Å². The van der Waals surface area contributed by atoms with Crippen LogP contribution in [0, 0.1) is 23.2 Å². The Hall–Kier alpha value is -1.85. The van der Waals surface area contributed by atoms with Gasteiger partial charge in [0.1, 0.15) is 6.04 Å². The fraction of sp³-hybridized carbons (Fsp3) is 0.833. The van der Waals surface area contributed by atoms with Gasteiger partial charge in [-0.25, -0.2) is 4.79 Å². The largest absolute Gasteiger partial charge is 0.335 e. The average Bonchev–Trinajstić information content (AvgIpc) is 3.32. The van der Waals surface area contributed by atoms with Gasteiger partial charge in [0.25, 0.3) is 0 Å². The van der Waals surface area contributed by atoms with Crippen molar-refractivity contribution in [1.29, 1.82) is 0 Å². The van der Waals surface area contributed by atoms with Gasteiger partial charge in [0, 0.05) is 12.6 Å². The van der Waals surface area contributed by atoms with E-state index >= 15 is 0 Å². The summed E-state index contributed by atoms with van der Waals surface area (Å²) in [5.41, 5.74) is -0.300. The Balaban J connectivity index is 1.80. The van der Waals surface area contributed by atoms with Crippen molar-refractivity contribution >= 4 is 17.7 Å². The first-order valence-electron chi connectivity index (χ1n) is 14.7. The van der Waals surface area contributed by atoms with E-state index < -0.39 is 6.04 Å². The molecule has 204 valence electrons. The normalized spacial score (nSPS) is 26.3. The summed E-state index contributed by atoms with van der Waals surface area (Å²) in [7, 11) is 0. The number of urea groups is 1. The van der Waals surface area contributed by atoms with Gasteiger partial charge in [-0.05, 0) is 75.0 Å². The van der Waals surface area contributed by atoms with Crippen LogP contribution in [0.15, 0.2) is 12.7 Å². The minimum Gasteiger partial charge on any atom is -0.335 e. The first-order chi connectivity index (χ1) is 17.2. The zero-order chi connectivity index (χ0) is 26.3. The van der Waals surface area contributed by atoms with Crippen LogP contribution < -0.4 is 10.6 Å². The van der Waals surface area contributed by atoms with Crippen LogP contribution in [-0.4, -0.2) is 47.3 Å². The molecule has 4 unspecified atom stereocenters. The molecule has 0 radical (unpaired) electrons. The molecule has 1 aliphatic heterocycles. The third kappa shape index (κ3) is 6.92. The van der Waals surface area contributed by atoms with Crippen LogP contribution in [0.3, 0.4) is 0 Å². The van der Waals surface area contributed by atoms with Crippen LogP contribution in [0.25, 0.3) is 0 Å². The Morgan fingerprint density at radius 1 is 1.00 bits per heavy atom. The number of hydrogen-bond donors (Lipinski definition) is 2. The Kier molecular flexibility index (Phi) is 10.4. The lowest BCUT2D eigenvalue weighted by molar-refractivity contribution is -0.142. The monoisotopic (exact) mass is 501 g/mol. The van der Waals surface area contributed by atoms with Crippen molar-refractivity contribution in [2.45, 2.75) is 129 Å². The van der Waals surface area contributed by atoms with Crippen molar-refractivity contribution in [2.75, 3.05) is 6.54 Å². The first kappa shape index (κ1) is 28.7. The molecule has 0 aromatic heterocycles. The summed E-state index contributed by atoms with van der Waals surface area (Å²) in [6.45, 7) is 12.5. The Bertz CT molecular complexity index is 767. The number of nitrogens with zero attached hydrogens (tertiary/aromatic N) is 1. The van der Waals surface area contributed by atoms with E-state index in [-0.39, 0.29) is 41.1 Å². The van der Waals surface area contributed by atoms with E-state index in [0.29, 0.717) is 18.4 Å². The van der Waals surface area contributed by atoms with Gasteiger partial charge in [0.05, 0.1) is 6.04 Å². The molecule has 0 spiro atoms. The van der Waals surface area contributed by atoms with Crippen molar-refractivity contribution in [1.82, 2.24) is 15.5 Å². The number of amides is 3. The lowest BCUT2D eigenvalue weighted by atomic mass is 9.70. The highest BCUT2D eigenvalue weighted by atomic mass is 16.2. The molecule has 1 heterocycles. The molecule has 0 aromatic rings. The van der Waals surface area contributed by atoms with E-state index in [4.69, 9.17) is 0 Å². The lowest BCUT2D eigenvalue weighted by Gasteiger charge is -2.43. The number of allylic oxidation sites excluding steroid dienone is 1. The van der Waals surface area contributed by atoms with Crippen LogP contribution in [0.2, 0.25) is 0 Å². The number of rotatable bonds is 10. The zero-order valence-electron chi connectivity index (χ0n) is 23.3. The van der Waals surface area contributed by atoms with Gasteiger partial charge in [0.2, 0.25) is 5.91 Å². The molecule has 2 aliphatic carbocycles. The second kappa shape index (κ2) is 13.1. The van der Waals surface area contributed by atoms with E-state index in [0.717, 1.165) is 57.8 Å². The second-order valence-electron chi connectivity index (χ2n) is 12.4. The summed E-state index contributed by atoms with van der Waals surface area (Å²) < 4.78 is 0. The van der Waals surface area contributed by atoms with E-state index in [1.165, 1.54) is 25.7 Å². The summed E-state index contributed by atoms with van der Waals surface area (Å²) in [5.74, 6) is 0.973.